The average Bonchev–Trinajstić information content (AvgIpc) is 3.94. The van der Waals surface area contributed by atoms with E-state index in [9.17, 15) is 0 Å². The fourth-order valence-corrected chi connectivity index (χ4v) is 14.6. The summed E-state index contributed by atoms with van der Waals surface area (Å²) in [6.07, 6.45) is 0. The maximum atomic E-state index is 7.51. The van der Waals surface area contributed by atoms with Crippen molar-refractivity contribution in [1.82, 2.24) is 4.57 Å². The van der Waals surface area contributed by atoms with Crippen LogP contribution in [0.2, 0.25) is 0 Å². The molecule has 10 aromatic carbocycles. The van der Waals surface area contributed by atoms with Crippen molar-refractivity contribution in [3.63, 3.8) is 0 Å². The molecule has 6 heterocycles. The number of rotatable bonds is 3. The third kappa shape index (κ3) is 4.87. The van der Waals surface area contributed by atoms with E-state index in [0.29, 0.717) is 0 Å². The van der Waals surface area contributed by atoms with E-state index >= 15 is 0 Å². The number of ether oxygens (including phenoxy) is 2. The van der Waals surface area contributed by atoms with Crippen LogP contribution in [0.5, 0.6) is 23.0 Å². The zero-order valence-corrected chi connectivity index (χ0v) is 38.1. The van der Waals surface area contributed by atoms with Crippen molar-refractivity contribution in [1.29, 1.82) is 0 Å². The molecule has 0 radical (unpaired) electrons. The molecule has 5 nitrogen and oxygen atoms in total. The number of nitrogens with zero attached hydrogens (tertiary/aromatic N) is 3. The Balaban J connectivity index is 1.00. The van der Waals surface area contributed by atoms with Crippen molar-refractivity contribution >= 4 is 136 Å². The summed E-state index contributed by atoms with van der Waals surface area (Å²) in [5.74, 6) is 3.50. The normalized spacial score (nSPS) is 13.7. The van der Waals surface area contributed by atoms with E-state index in [2.05, 4.69) is 227 Å². The first-order valence-electron chi connectivity index (χ1n) is 23.3. The molecule has 4 aliphatic rings. The summed E-state index contributed by atoms with van der Waals surface area (Å²) < 4.78 is 20.1. The van der Waals surface area contributed by atoms with Crippen LogP contribution in [0.15, 0.2) is 212 Å². The second-order valence-corrected chi connectivity index (χ2v) is 20.6. The Kier molecular flexibility index (Phi) is 7.46. The molecule has 0 aliphatic carbocycles. The van der Waals surface area contributed by atoms with Gasteiger partial charge in [-0.3, -0.25) is 0 Å². The van der Waals surface area contributed by atoms with Gasteiger partial charge >= 0.3 is 288 Å². The third-order valence-corrected chi connectivity index (χ3v) is 17.2. The van der Waals surface area contributed by atoms with Gasteiger partial charge < -0.3 is 0 Å². The van der Waals surface area contributed by atoms with E-state index in [1.54, 1.807) is 0 Å². The van der Waals surface area contributed by atoms with Crippen LogP contribution in [0.1, 0.15) is 0 Å². The number of benzene rings is 10. The van der Waals surface area contributed by atoms with Crippen molar-refractivity contribution in [2.45, 2.75) is 0 Å². The van der Waals surface area contributed by atoms with E-state index in [-0.39, 0.29) is 27.9 Å². The van der Waals surface area contributed by atoms with Crippen molar-refractivity contribution in [2.75, 3.05) is 9.80 Å². The Hall–Kier alpha value is -8.15. The molecule has 8 heteroatoms. The zero-order valence-electron chi connectivity index (χ0n) is 36.4. The van der Waals surface area contributed by atoms with Gasteiger partial charge in [0, 0.05) is 16.8 Å². The number of aromatic nitrogens is 1. The van der Waals surface area contributed by atoms with Gasteiger partial charge in [-0.25, -0.2) is 0 Å². The Labute approximate surface area is 398 Å². The summed E-state index contributed by atoms with van der Waals surface area (Å²) in [6, 6.07) is 77.7. The molecule has 0 atom stereocenters. The summed E-state index contributed by atoms with van der Waals surface area (Å²) in [5.41, 5.74) is 17.5. The molecule has 12 aromatic rings. The van der Waals surface area contributed by atoms with Gasteiger partial charge in [0.25, 0.3) is 0 Å². The van der Waals surface area contributed by atoms with E-state index in [4.69, 9.17) is 9.47 Å². The molecule has 0 saturated heterocycles. The summed E-state index contributed by atoms with van der Waals surface area (Å²) in [7, 11) is 0. The Morgan fingerprint density at radius 3 is 1.68 bits per heavy atom. The van der Waals surface area contributed by atoms with Gasteiger partial charge in [0.2, 0.25) is 0 Å². The summed E-state index contributed by atoms with van der Waals surface area (Å²) in [6.45, 7) is -0.203. The molecule has 4 aliphatic heterocycles. The van der Waals surface area contributed by atoms with Crippen molar-refractivity contribution in [2.24, 2.45) is 0 Å². The molecule has 0 fully saturated rings. The standard InChI is InChI=1S/C60H35B2N3O2Se/c1-4-18-36(19-5-1)63-45-28-14-10-24-39(45)55-48(63)33-52-58-59(55)65(38-22-8-3-9-23-38)47-30-16-13-27-42(47)62(58)43-32-44-51(35-50(43)66-52)67-60-56-40-25-11-17-31-53(40)68-54(56)34-49-57(60)61(44)41-26-12-15-29-46(41)64(49)37-20-6-2-7-21-37/h1-35H. The molecule has 0 N–H and O–H groups in total. The predicted octanol–water partition coefficient (Wildman–Crippen LogP) is 11.0. The molecule has 0 bridgehead atoms. The van der Waals surface area contributed by atoms with Crippen LogP contribution in [0, 0.1) is 0 Å². The average molecular weight is 931 g/mol. The quantitative estimate of drug-likeness (QED) is 0.165. The molecular formula is C60H35B2N3O2Se. The number of anilines is 6. The number of hydrogen-bond donors (Lipinski definition) is 0. The SMILES string of the molecule is c1ccc(N2c3ccccc3B3c4cc5c(cc4Oc4c3c2cc2[se]c3ccccc3c42)Oc2cc3c(c4c2B5c2ccccc2N4c2ccccc2)c2ccccc2n3-c2ccccc2)cc1. The topological polar surface area (TPSA) is 29.9 Å². The third-order valence-electron chi connectivity index (χ3n) is 14.8. The zero-order chi connectivity index (χ0) is 44.2. The van der Waals surface area contributed by atoms with Crippen molar-refractivity contribution in [3.05, 3.63) is 212 Å². The first-order chi connectivity index (χ1) is 33.8. The molecule has 0 spiro atoms. The number of para-hydroxylation sites is 6. The summed E-state index contributed by atoms with van der Waals surface area (Å²) in [4.78, 5) is 4.96. The summed E-state index contributed by atoms with van der Waals surface area (Å²) >= 11 is 0.131. The van der Waals surface area contributed by atoms with E-state index in [1.807, 2.05) is 0 Å². The summed E-state index contributed by atoms with van der Waals surface area (Å²) in [5, 5.41) is 4.92. The van der Waals surface area contributed by atoms with E-state index < -0.39 is 0 Å². The Morgan fingerprint density at radius 2 is 0.941 bits per heavy atom. The van der Waals surface area contributed by atoms with Gasteiger partial charge in [-0.05, 0) is 30.3 Å². The molecule has 68 heavy (non-hydrogen) atoms. The van der Waals surface area contributed by atoms with Gasteiger partial charge in [0.1, 0.15) is 0 Å². The molecule has 0 unspecified atom stereocenters. The van der Waals surface area contributed by atoms with Crippen LogP contribution in [0.25, 0.3) is 46.8 Å². The maximum absolute atomic E-state index is 7.51. The van der Waals surface area contributed by atoms with Crippen LogP contribution >= 0.6 is 0 Å². The van der Waals surface area contributed by atoms with Gasteiger partial charge in [0.15, 0.2) is 0 Å². The number of fused-ring (bicyclic) bond motifs is 16. The monoisotopic (exact) mass is 931 g/mol. The molecule has 16 rings (SSSR count). The minimum absolute atomic E-state index is 0.0809. The second kappa shape index (κ2) is 13.7. The van der Waals surface area contributed by atoms with Crippen molar-refractivity contribution < 1.29 is 9.47 Å². The van der Waals surface area contributed by atoms with Crippen LogP contribution in [-0.2, 0) is 0 Å². The molecule has 0 saturated carbocycles. The Bertz CT molecular complexity index is 4130. The molecule has 2 aromatic heterocycles. The molecule has 0 amide bonds. The van der Waals surface area contributed by atoms with E-state index in [1.165, 1.54) is 69.0 Å². The van der Waals surface area contributed by atoms with Gasteiger partial charge in [-0.15, -0.1) is 0 Å². The fourth-order valence-electron chi connectivity index (χ4n) is 12.2. The van der Waals surface area contributed by atoms with Gasteiger partial charge in [-0.1, -0.05) is 60.7 Å². The van der Waals surface area contributed by atoms with Crippen molar-refractivity contribution in [3.8, 4) is 28.7 Å². The molecule has 314 valence electrons. The van der Waals surface area contributed by atoms with Crippen LogP contribution in [-0.4, -0.2) is 32.5 Å². The first-order valence-corrected chi connectivity index (χ1v) is 25.0. The van der Waals surface area contributed by atoms with Crippen LogP contribution in [0.3, 0.4) is 0 Å². The van der Waals surface area contributed by atoms with Crippen LogP contribution in [0.4, 0.5) is 34.1 Å². The van der Waals surface area contributed by atoms with Gasteiger partial charge in [-0.2, -0.15) is 0 Å². The second-order valence-electron chi connectivity index (χ2n) is 18.3. The van der Waals surface area contributed by atoms with Crippen LogP contribution < -0.4 is 52.1 Å². The van der Waals surface area contributed by atoms with E-state index in [0.717, 1.165) is 67.7 Å². The number of hydrogen-bond acceptors (Lipinski definition) is 4. The Morgan fingerprint density at radius 1 is 0.368 bits per heavy atom. The minimum atomic E-state index is -0.122. The van der Waals surface area contributed by atoms with Gasteiger partial charge in [0.05, 0.1) is 5.52 Å². The predicted molar refractivity (Wildman–Crippen MR) is 284 cm³/mol. The molecular weight excluding hydrogens is 895 g/mol. The fraction of sp³-hybridized carbons (Fsp3) is 0. The first kappa shape index (κ1) is 37.0.